The Hall–Kier alpha value is -2.90. The lowest BCUT2D eigenvalue weighted by molar-refractivity contribution is -0.170. The second kappa shape index (κ2) is 7.50. The number of carbonyl (C=O) groups excluding carboxylic acids is 1. The predicted octanol–water partition coefficient (Wildman–Crippen LogP) is 4.09. The van der Waals surface area contributed by atoms with Gasteiger partial charge in [0.15, 0.2) is 11.5 Å². The number of fused-ring (bicyclic) bond motifs is 2. The molecule has 1 amide bonds. The van der Waals surface area contributed by atoms with E-state index in [4.69, 9.17) is 9.47 Å². The fourth-order valence-corrected chi connectivity index (χ4v) is 3.87. The Morgan fingerprint density at radius 3 is 2.62 bits per heavy atom. The molecule has 1 saturated heterocycles. The van der Waals surface area contributed by atoms with Crippen LogP contribution in [0.5, 0.6) is 11.5 Å². The second-order valence-electron chi connectivity index (χ2n) is 7.29. The molecule has 0 radical (unpaired) electrons. The van der Waals surface area contributed by atoms with Crippen molar-refractivity contribution in [2.24, 2.45) is 5.92 Å². The molecule has 2 aliphatic heterocycles. The minimum atomic E-state index is -4.30. The summed E-state index contributed by atoms with van der Waals surface area (Å²) in [5, 5.41) is 3.12. The van der Waals surface area contributed by atoms with E-state index >= 15 is 0 Å². The van der Waals surface area contributed by atoms with Gasteiger partial charge >= 0.3 is 6.18 Å². The number of benzene rings is 2. The molecule has 0 aromatic heterocycles. The number of alkyl halides is 3. The molecule has 8 heteroatoms. The quantitative estimate of drug-likeness (QED) is 0.831. The maximum atomic E-state index is 13.1. The van der Waals surface area contributed by atoms with Crippen LogP contribution < -0.4 is 14.8 Å². The van der Waals surface area contributed by atoms with E-state index < -0.39 is 24.0 Å². The summed E-state index contributed by atoms with van der Waals surface area (Å²) < 4.78 is 50.6. The number of carbonyl (C=O) groups is 1. The summed E-state index contributed by atoms with van der Waals surface area (Å²) in [6.45, 7) is 0.268. The van der Waals surface area contributed by atoms with Crippen molar-refractivity contribution in [1.82, 2.24) is 4.90 Å². The molecule has 2 atom stereocenters. The van der Waals surface area contributed by atoms with Crippen molar-refractivity contribution in [3.63, 3.8) is 0 Å². The van der Waals surface area contributed by atoms with Gasteiger partial charge in [-0.1, -0.05) is 30.3 Å². The largest absolute Gasteiger partial charge is 0.493 e. The second-order valence-corrected chi connectivity index (χ2v) is 7.29. The van der Waals surface area contributed by atoms with E-state index in [1.54, 1.807) is 6.07 Å². The van der Waals surface area contributed by atoms with Gasteiger partial charge in [-0.2, -0.15) is 13.2 Å². The van der Waals surface area contributed by atoms with Gasteiger partial charge in [-0.05, 0) is 18.1 Å². The monoisotopic (exact) mass is 406 g/mol. The van der Waals surface area contributed by atoms with E-state index in [2.05, 4.69) is 5.32 Å². The molecule has 29 heavy (non-hydrogen) atoms. The van der Waals surface area contributed by atoms with Gasteiger partial charge in [-0.3, -0.25) is 4.79 Å². The van der Waals surface area contributed by atoms with Crippen LogP contribution in [-0.2, 0) is 6.61 Å². The van der Waals surface area contributed by atoms with Crippen molar-refractivity contribution < 1.29 is 27.4 Å². The highest BCUT2D eigenvalue weighted by Crippen LogP contribution is 2.41. The van der Waals surface area contributed by atoms with Crippen LogP contribution in [0, 0.1) is 5.92 Å². The van der Waals surface area contributed by atoms with E-state index in [1.165, 1.54) is 18.1 Å². The SMILES string of the molecule is COc1cc2c(cc1OCc1ccccc1)NC[C@@H]1C[C@@H](C(F)(F)F)CN1C2=O. The van der Waals surface area contributed by atoms with Gasteiger partial charge < -0.3 is 19.7 Å². The van der Waals surface area contributed by atoms with Crippen LogP contribution >= 0.6 is 0 Å². The summed E-state index contributed by atoms with van der Waals surface area (Å²) in [6.07, 6.45) is -4.40. The molecule has 4 rings (SSSR count). The van der Waals surface area contributed by atoms with Crippen molar-refractivity contribution >= 4 is 11.6 Å². The molecule has 2 heterocycles. The van der Waals surface area contributed by atoms with Gasteiger partial charge in [0.05, 0.1) is 24.3 Å². The zero-order valence-corrected chi connectivity index (χ0v) is 15.8. The zero-order chi connectivity index (χ0) is 20.6. The van der Waals surface area contributed by atoms with Crippen molar-refractivity contribution in [2.75, 3.05) is 25.5 Å². The minimum Gasteiger partial charge on any atom is -0.493 e. The van der Waals surface area contributed by atoms with Crippen LogP contribution in [0.25, 0.3) is 0 Å². The van der Waals surface area contributed by atoms with E-state index in [0.717, 1.165) is 5.56 Å². The first-order valence-electron chi connectivity index (χ1n) is 9.37. The third-order valence-electron chi connectivity index (χ3n) is 5.44. The van der Waals surface area contributed by atoms with Crippen molar-refractivity contribution in [2.45, 2.75) is 25.2 Å². The number of amides is 1. The van der Waals surface area contributed by atoms with Gasteiger partial charge in [0.25, 0.3) is 5.91 Å². The highest BCUT2D eigenvalue weighted by Gasteiger charge is 2.49. The van der Waals surface area contributed by atoms with E-state index in [-0.39, 0.29) is 19.5 Å². The molecular formula is C21H21F3N2O3. The summed E-state index contributed by atoms with van der Waals surface area (Å²) in [5.41, 5.74) is 1.81. The first kappa shape index (κ1) is 19.4. The number of anilines is 1. The number of hydrogen-bond acceptors (Lipinski definition) is 4. The Bertz CT molecular complexity index is 902. The summed E-state index contributed by atoms with van der Waals surface area (Å²) in [7, 11) is 1.46. The number of halogens is 3. The van der Waals surface area contributed by atoms with Gasteiger partial charge in [0, 0.05) is 25.2 Å². The van der Waals surface area contributed by atoms with Crippen LogP contribution in [0.2, 0.25) is 0 Å². The minimum absolute atomic E-state index is 0.0925. The lowest BCUT2D eigenvalue weighted by Crippen LogP contribution is -2.37. The Kier molecular flexibility index (Phi) is 5.02. The molecule has 0 unspecified atom stereocenters. The zero-order valence-electron chi connectivity index (χ0n) is 15.8. The van der Waals surface area contributed by atoms with E-state index in [1.807, 2.05) is 30.3 Å². The fourth-order valence-electron chi connectivity index (χ4n) is 3.87. The molecule has 2 aromatic rings. The summed E-state index contributed by atoms with van der Waals surface area (Å²) >= 11 is 0. The van der Waals surface area contributed by atoms with Crippen molar-refractivity contribution in [3.8, 4) is 11.5 Å². The van der Waals surface area contributed by atoms with Crippen LogP contribution in [-0.4, -0.2) is 43.2 Å². The molecule has 0 spiro atoms. The first-order chi connectivity index (χ1) is 13.9. The lowest BCUT2D eigenvalue weighted by Gasteiger charge is -2.21. The van der Waals surface area contributed by atoms with Crippen LogP contribution in [0.15, 0.2) is 42.5 Å². The molecule has 2 aliphatic rings. The van der Waals surface area contributed by atoms with Crippen LogP contribution in [0.4, 0.5) is 18.9 Å². The highest BCUT2D eigenvalue weighted by molar-refractivity contribution is 6.01. The number of nitrogens with zero attached hydrogens (tertiary/aromatic N) is 1. The van der Waals surface area contributed by atoms with Crippen LogP contribution in [0.3, 0.4) is 0 Å². The van der Waals surface area contributed by atoms with Crippen molar-refractivity contribution in [1.29, 1.82) is 0 Å². The Labute approximate surface area is 166 Å². The van der Waals surface area contributed by atoms with Gasteiger partial charge in [-0.25, -0.2) is 0 Å². The Morgan fingerprint density at radius 1 is 1.17 bits per heavy atom. The molecule has 0 saturated carbocycles. The average Bonchev–Trinajstić information content (AvgIpc) is 3.10. The average molecular weight is 406 g/mol. The molecule has 0 bridgehead atoms. The van der Waals surface area contributed by atoms with E-state index in [0.29, 0.717) is 29.4 Å². The number of nitrogens with one attached hydrogen (secondary N) is 1. The summed E-state index contributed by atoms with van der Waals surface area (Å²) in [4.78, 5) is 14.3. The summed E-state index contributed by atoms with van der Waals surface area (Å²) in [5.74, 6) is -1.09. The third kappa shape index (κ3) is 3.83. The Balaban J connectivity index is 1.59. The molecule has 0 aliphatic carbocycles. The van der Waals surface area contributed by atoms with E-state index in [9.17, 15) is 18.0 Å². The third-order valence-corrected chi connectivity index (χ3v) is 5.44. The van der Waals surface area contributed by atoms with Gasteiger partial charge in [0.1, 0.15) is 6.61 Å². The van der Waals surface area contributed by atoms with Crippen molar-refractivity contribution in [3.05, 3.63) is 53.6 Å². The molecule has 5 nitrogen and oxygen atoms in total. The first-order valence-corrected chi connectivity index (χ1v) is 9.37. The maximum absolute atomic E-state index is 13.1. The summed E-state index contributed by atoms with van der Waals surface area (Å²) in [6, 6.07) is 12.3. The molecule has 1 N–H and O–H groups in total. The van der Waals surface area contributed by atoms with Gasteiger partial charge in [-0.15, -0.1) is 0 Å². The Morgan fingerprint density at radius 2 is 1.93 bits per heavy atom. The highest BCUT2D eigenvalue weighted by atomic mass is 19.4. The van der Waals surface area contributed by atoms with Crippen LogP contribution in [0.1, 0.15) is 22.3 Å². The fraction of sp³-hybridized carbons (Fsp3) is 0.381. The van der Waals surface area contributed by atoms with Gasteiger partial charge in [0.2, 0.25) is 0 Å². The molecule has 154 valence electrons. The topological polar surface area (TPSA) is 50.8 Å². The number of rotatable bonds is 4. The molecule has 1 fully saturated rings. The number of hydrogen-bond donors (Lipinski definition) is 1. The number of ether oxygens (including phenoxy) is 2. The maximum Gasteiger partial charge on any atom is 0.393 e. The molecule has 2 aromatic carbocycles. The lowest BCUT2D eigenvalue weighted by atomic mass is 10.1. The normalized spacial score (nSPS) is 21.1. The standard InChI is InChI=1S/C21H21F3N2O3/c1-28-18-8-16-17(9-19(18)29-12-13-5-3-2-4-6-13)25-10-15-7-14(21(22,23)24)11-26(15)20(16)27/h2-6,8-9,14-15,25H,7,10-12H2,1H3/t14-,15+/m1/s1. The predicted molar refractivity (Wildman–Crippen MR) is 101 cm³/mol. The molecular weight excluding hydrogens is 385 g/mol. The number of methoxy groups -OCH3 is 1. The smallest absolute Gasteiger partial charge is 0.393 e.